The van der Waals surface area contributed by atoms with Crippen LogP contribution in [0.4, 0.5) is 10.1 Å². The zero-order chi connectivity index (χ0) is 21.8. The van der Waals surface area contributed by atoms with Crippen LogP contribution in [0.15, 0.2) is 63.1 Å². The SMILES string of the molecule is O=C(CSc1nnc(-c2ccc(F)cc2)o1)Nc1cccc(S(=O)(=O)N2CCCC2)c1. The minimum Gasteiger partial charge on any atom is -0.411 e. The van der Waals surface area contributed by atoms with Gasteiger partial charge in [0.1, 0.15) is 5.82 Å². The maximum absolute atomic E-state index is 13.0. The zero-order valence-electron chi connectivity index (χ0n) is 16.3. The summed E-state index contributed by atoms with van der Waals surface area (Å²) in [5.74, 6) is -0.495. The summed E-state index contributed by atoms with van der Waals surface area (Å²) in [6.45, 7) is 1.03. The summed E-state index contributed by atoms with van der Waals surface area (Å²) in [5, 5.41) is 10.6. The standard InChI is InChI=1S/C20H19FN4O4S2/c21-15-8-6-14(7-9-15)19-23-24-20(29-19)30-13-18(26)22-16-4-3-5-17(12-16)31(27,28)25-10-1-2-11-25/h3-9,12H,1-2,10-11,13H2,(H,22,26). The molecule has 1 N–H and O–H groups in total. The predicted molar refractivity (Wildman–Crippen MR) is 113 cm³/mol. The molecule has 162 valence electrons. The van der Waals surface area contributed by atoms with E-state index in [1.54, 1.807) is 12.1 Å². The highest BCUT2D eigenvalue weighted by Gasteiger charge is 2.27. The highest BCUT2D eigenvalue weighted by atomic mass is 32.2. The van der Waals surface area contributed by atoms with E-state index >= 15 is 0 Å². The van der Waals surface area contributed by atoms with Crippen molar-refractivity contribution in [3.05, 3.63) is 54.3 Å². The summed E-state index contributed by atoms with van der Waals surface area (Å²) in [6, 6.07) is 11.8. The lowest BCUT2D eigenvalue weighted by atomic mass is 10.2. The van der Waals surface area contributed by atoms with Crippen molar-refractivity contribution >= 4 is 33.4 Å². The molecule has 0 aliphatic carbocycles. The van der Waals surface area contributed by atoms with E-state index in [0.717, 1.165) is 24.6 Å². The number of amides is 1. The summed E-state index contributed by atoms with van der Waals surface area (Å²) < 4.78 is 45.3. The van der Waals surface area contributed by atoms with Gasteiger partial charge in [-0.25, -0.2) is 12.8 Å². The maximum Gasteiger partial charge on any atom is 0.277 e. The molecule has 0 saturated carbocycles. The van der Waals surface area contributed by atoms with Gasteiger partial charge in [-0.2, -0.15) is 4.31 Å². The van der Waals surface area contributed by atoms with Crippen LogP contribution in [0.25, 0.3) is 11.5 Å². The van der Waals surface area contributed by atoms with Gasteiger partial charge in [-0.1, -0.05) is 17.8 Å². The van der Waals surface area contributed by atoms with Crippen molar-refractivity contribution in [2.45, 2.75) is 23.0 Å². The highest BCUT2D eigenvalue weighted by molar-refractivity contribution is 7.99. The van der Waals surface area contributed by atoms with Gasteiger partial charge in [-0.05, 0) is 55.3 Å². The topological polar surface area (TPSA) is 105 Å². The van der Waals surface area contributed by atoms with Crippen LogP contribution in [0.2, 0.25) is 0 Å². The van der Waals surface area contributed by atoms with Gasteiger partial charge < -0.3 is 9.73 Å². The lowest BCUT2D eigenvalue weighted by molar-refractivity contribution is -0.113. The van der Waals surface area contributed by atoms with E-state index in [2.05, 4.69) is 15.5 Å². The maximum atomic E-state index is 13.0. The van der Waals surface area contributed by atoms with Crippen molar-refractivity contribution in [3.63, 3.8) is 0 Å². The molecule has 0 atom stereocenters. The summed E-state index contributed by atoms with van der Waals surface area (Å²) >= 11 is 1.04. The van der Waals surface area contributed by atoms with Gasteiger partial charge in [0.2, 0.25) is 21.8 Å². The third-order valence-corrected chi connectivity index (χ3v) is 7.36. The van der Waals surface area contributed by atoms with Crippen LogP contribution in [0.5, 0.6) is 0 Å². The van der Waals surface area contributed by atoms with Gasteiger partial charge in [0, 0.05) is 24.3 Å². The molecule has 0 spiro atoms. The molecular weight excluding hydrogens is 443 g/mol. The monoisotopic (exact) mass is 462 g/mol. The van der Waals surface area contributed by atoms with Gasteiger partial charge in [-0.3, -0.25) is 4.79 Å². The molecule has 1 aromatic heterocycles. The second-order valence-corrected chi connectivity index (χ2v) is 9.72. The number of carbonyl (C=O) groups excluding carboxylic acids is 1. The molecule has 0 bridgehead atoms. The van der Waals surface area contributed by atoms with Gasteiger partial charge in [0.05, 0.1) is 10.6 Å². The van der Waals surface area contributed by atoms with Crippen molar-refractivity contribution in [3.8, 4) is 11.5 Å². The first-order chi connectivity index (χ1) is 14.9. The first-order valence-electron chi connectivity index (χ1n) is 9.54. The summed E-state index contributed by atoms with van der Waals surface area (Å²) in [5.41, 5.74) is 0.963. The van der Waals surface area contributed by atoms with Crippen molar-refractivity contribution in [1.82, 2.24) is 14.5 Å². The van der Waals surface area contributed by atoms with Crippen LogP contribution in [-0.2, 0) is 14.8 Å². The Morgan fingerprint density at radius 2 is 1.87 bits per heavy atom. The lowest BCUT2D eigenvalue weighted by Crippen LogP contribution is -2.28. The van der Waals surface area contributed by atoms with Crippen molar-refractivity contribution in [2.24, 2.45) is 0 Å². The van der Waals surface area contributed by atoms with E-state index < -0.39 is 10.0 Å². The van der Waals surface area contributed by atoms with Crippen molar-refractivity contribution in [1.29, 1.82) is 0 Å². The van der Waals surface area contributed by atoms with Gasteiger partial charge >= 0.3 is 0 Å². The third-order valence-electron chi connectivity index (χ3n) is 4.64. The van der Waals surface area contributed by atoms with Gasteiger partial charge in [-0.15, -0.1) is 10.2 Å². The number of carbonyl (C=O) groups is 1. The summed E-state index contributed by atoms with van der Waals surface area (Å²) in [4.78, 5) is 12.4. The first kappa shape index (κ1) is 21.5. The summed E-state index contributed by atoms with van der Waals surface area (Å²) in [6.07, 6.45) is 1.71. The first-order valence-corrected chi connectivity index (χ1v) is 12.0. The Labute approximate surface area is 182 Å². The number of hydrogen-bond donors (Lipinski definition) is 1. The molecule has 4 rings (SSSR count). The average Bonchev–Trinajstić information content (AvgIpc) is 3.46. The number of aromatic nitrogens is 2. The molecule has 1 fully saturated rings. The number of nitrogens with one attached hydrogen (secondary N) is 1. The van der Waals surface area contributed by atoms with Crippen LogP contribution < -0.4 is 5.32 Å². The van der Waals surface area contributed by atoms with Crippen molar-refractivity contribution in [2.75, 3.05) is 24.2 Å². The molecule has 3 aromatic rings. The Hall–Kier alpha value is -2.76. The number of halogens is 1. The van der Waals surface area contributed by atoms with E-state index in [0.29, 0.717) is 24.3 Å². The third kappa shape index (κ3) is 5.12. The second-order valence-electron chi connectivity index (χ2n) is 6.86. The molecule has 1 saturated heterocycles. The fraction of sp³-hybridized carbons (Fsp3) is 0.250. The Kier molecular flexibility index (Phi) is 6.35. The largest absolute Gasteiger partial charge is 0.411 e. The Morgan fingerprint density at radius 3 is 2.61 bits per heavy atom. The highest BCUT2D eigenvalue weighted by Crippen LogP contribution is 2.25. The van der Waals surface area contributed by atoms with E-state index in [-0.39, 0.29) is 33.5 Å². The van der Waals surface area contributed by atoms with E-state index in [1.807, 2.05) is 0 Å². The molecule has 2 aromatic carbocycles. The van der Waals surface area contributed by atoms with Crippen molar-refractivity contribution < 1.29 is 22.0 Å². The molecule has 1 aliphatic heterocycles. The minimum atomic E-state index is -3.56. The van der Waals surface area contributed by atoms with Crippen LogP contribution >= 0.6 is 11.8 Å². The zero-order valence-corrected chi connectivity index (χ0v) is 18.0. The van der Waals surface area contributed by atoms with Crippen LogP contribution in [0.1, 0.15) is 12.8 Å². The van der Waals surface area contributed by atoms with E-state index in [1.165, 1.54) is 40.7 Å². The Bertz CT molecular complexity index is 1180. The predicted octanol–water partition coefficient (Wildman–Crippen LogP) is 3.39. The number of rotatable bonds is 7. The number of sulfonamides is 1. The lowest BCUT2D eigenvalue weighted by Gasteiger charge is -2.16. The second kappa shape index (κ2) is 9.16. The summed E-state index contributed by atoms with van der Waals surface area (Å²) in [7, 11) is -3.56. The molecule has 31 heavy (non-hydrogen) atoms. The number of hydrogen-bond acceptors (Lipinski definition) is 7. The molecule has 0 radical (unpaired) electrons. The number of thioether (sulfide) groups is 1. The molecule has 1 amide bonds. The number of anilines is 1. The molecule has 8 nitrogen and oxygen atoms in total. The molecule has 2 heterocycles. The van der Waals surface area contributed by atoms with Crippen LogP contribution in [0.3, 0.4) is 0 Å². The number of benzene rings is 2. The quantitative estimate of drug-likeness (QED) is 0.537. The van der Waals surface area contributed by atoms with Crippen LogP contribution in [-0.4, -0.2) is 47.7 Å². The molecule has 1 aliphatic rings. The average molecular weight is 463 g/mol. The minimum absolute atomic E-state index is 0.00580. The molecule has 11 heteroatoms. The fourth-order valence-electron chi connectivity index (χ4n) is 3.11. The van der Waals surface area contributed by atoms with Crippen LogP contribution in [0, 0.1) is 5.82 Å². The Morgan fingerprint density at radius 1 is 1.13 bits per heavy atom. The van der Waals surface area contributed by atoms with E-state index in [4.69, 9.17) is 4.42 Å². The molecular formula is C20H19FN4O4S2. The number of nitrogens with zero attached hydrogens (tertiary/aromatic N) is 3. The van der Waals surface area contributed by atoms with Gasteiger partial charge in [0.15, 0.2) is 0 Å². The fourth-order valence-corrected chi connectivity index (χ4v) is 5.24. The smallest absolute Gasteiger partial charge is 0.277 e. The van der Waals surface area contributed by atoms with Gasteiger partial charge in [0.25, 0.3) is 5.22 Å². The molecule has 0 unspecified atom stereocenters. The van der Waals surface area contributed by atoms with E-state index in [9.17, 15) is 17.6 Å². The Balaban J connectivity index is 1.36. The normalized spacial score (nSPS) is 14.6.